The van der Waals surface area contributed by atoms with E-state index in [1.807, 2.05) is 4.90 Å². The summed E-state index contributed by atoms with van der Waals surface area (Å²) in [6, 6.07) is 10.2. The molecule has 2 aromatic rings. The number of anilines is 1. The number of carboxylic acids is 1. The molecule has 1 atom stereocenters. The third kappa shape index (κ3) is 6.41. The SMILES string of the molecule is CN1CC(=O)N(c2cccc(F)c2)CC12CCN(C(=O)c1cccc(C(F)(F)F)c1)C2.O=C(O)C(F)(F)F. The van der Waals surface area contributed by atoms with Crippen molar-refractivity contribution < 1.29 is 50.2 Å². The van der Waals surface area contributed by atoms with Crippen LogP contribution in [0.15, 0.2) is 48.5 Å². The molecule has 1 spiro atoms. The lowest BCUT2D eigenvalue weighted by Crippen LogP contribution is -2.64. The molecule has 7 nitrogen and oxygen atoms in total. The monoisotopic (exact) mass is 549 g/mol. The maximum absolute atomic E-state index is 13.7. The van der Waals surface area contributed by atoms with Crippen LogP contribution in [0.25, 0.3) is 0 Å². The Morgan fingerprint density at radius 1 is 0.974 bits per heavy atom. The van der Waals surface area contributed by atoms with Gasteiger partial charge >= 0.3 is 18.3 Å². The standard InChI is InChI=1S/C22H21F4N3O2.C2HF3O2/c1-27-12-19(30)29(18-7-3-6-17(23)11-18)14-21(27)8-9-28(13-21)20(31)15-4-2-5-16(10-15)22(24,25)26;3-2(4,5)1(6)7/h2-7,10-11H,8-9,12-14H2,1H3;(H,6,7). The molecular weight excluding hydrogens is 527 g/mol. The number of likely N-dealkylation sites (N-methyl/N-ethyl adjacent to an activating group) is 1. The lowest BCUT2D eigenvalue weighted by atomic mass is 9.92. The van der Waals surface area contributed by atoms with E-state index in [2.05, 4.69) is 0 Å². The van der Waals surface area contributed by atoms with Crippen molar-refractivity contribution in [3.8, 4) is 0 Å². The summed E-state index contributed by atoms with van der Waals surface area (Å²) >= 11 is 0. The van der Waals surface area contributed by atoms with Crippen molar-refractivity contribution in [1.82, 2.24) is 9.80 Å². The Kier molecular flexibility index (Phi) is 8.05. The number of likely N-dealkylation sites (tertiary alicyclic amines) is 1. The quantitative estimate of drug-likeness (QED) is 0.573. The van der Waals surface area contributed by atoms with Gasteiger partial charge in [0.05, 0.1) is 17.6 Å². The Bertz CT molecular complexity index is 1220. The molecule has 2 aromatic carbocycles. The van der Waals surface area contributed by atoms with Crippen molar-refractivity contribution in [1.29, 1.82) is 0 Å². The zero-order valence-corrected chi connectivity index (χ0v) is 19.8. The van der Waals surface area contributed by atoms with E-state index in [0.717, 1.165) is 12.1 Å². The summed E-state index contributed by atoms with van der Waals surface area (Å²) in [5.41, 5.74) is -1.01. The van der Waals surface area contributed by atoms with Crippen molar-refractivity contribution in [2.75, 3.05) is 38.1 Å². The van der Waals surface area contributed by atoms with Gasteiger partial charge in [-0.15, -0.1) is 0 Å². The highest BCUT2D eigenvalue weighted by molar-refractivity contribution is 5.97. The van der Waals surface area contributed by atoms with Crippen LogP contribution >= 0.6 is 0 Å². The highest BCUT2D eigenvalue weighted by Gasteiger charge is 2.49. The van der Waals surface area contributed by atoms with Crippen molar-refractivity contribution in [2.45, 2.75) is 24.3 Å². The minimum absolute atomic E-state index is 0.0246. The van der Waals surface area contributed by atoms with Crippen LogP contribution in [0.1, 0.15) is 22.3 Å². The van der Waals surface area contributed by atoms with Crippen molar-refractivity contribution in [2.24, 2.45) is 0 Å². The fourth-order valence-corrected chi connectivity index (χ4v) is 4.32. The summed E-state index contributed by atoms with van der Waals surface area (Å²) in [6.45, 7) is 0.975. The number of hydrogen-bond donors (Lipinski definition) is 1. The van der Waals surface area contributed by atoms with Crippen LogP contribution in [0, 0.1) is 5.82 Å². The Labute approximate surface area is 212 Å². The summed E-state index contributed by atoms with van der Waals surface area (Å²) in [7, 11) is 1.79. The van der Waals surface area contributed by atoms with Gasteiger partial charge in [0.2, 0.25) is 5.91 Å². The lowest BCUT2D eigenvalue weighted by molar-refractivity contribution is -0.192. The van der Waals surface area contributed by atoms with E-state index in [0.29, 0.717) is 18.7 Å². The second-order valence-electron chi connectivity index (χ2n) is 8.90. The molecule has 1 unspecified atom stereocenters. The third-order valence-corrected chi connectivity index (χ3v) is 6.35. The van der Waals surface area contributed by atoms with E-state index >= 15 is 0 Å². The average Bonchev–Trinajstić information content (AvgIpc) is 3.25. The second kappa shape index (κ2) is 10.6. The topological polar surface area (TPSA) is 81.2 Å². The van der Waals surface area contributed by atoms with Gasteiger partial charge in [0.25, 0.3) is 5.91 Å². The van der Waals surface area contributed by atoms with Gasteiger partial charge in [-0.25, -0.2) is 9.18 Å². The molecule has 206 valence electrons. The zero-order chi connectivity index (χ0) is 28.5. The van der Waals surface area contributed by atoms with Crippen LogP contribution in [0.2, 0.25) is 0 Å². The number of carbonyl (C=O) groups is 3. The van der Waals surface area contributed by atoms with Crippen LogP contribution in [-0.4, -0.2) is 77.6 Å². The van der Waals surface area contributed by atoms with E-state index in [4.69, 9.17) is 9.90 Å². The smallest absolute Gasteiger partial charge is 0.475 e. The van der Waals surface area contributed by atoms with Crippen LogP contribution in [-0.2, 0) is 15.8 Å². The van der Waals surface area contributed by atoms with Crippen LogP contribution in [0.3, 0.4) is 0 Å². The predicted molar refractivity (Wildman–Crippen MR) is 120 cm³/mol. The van der Waals surface area contributed by atoms with E-state index in [1.165, 1.54) is 40.1 Å². The number of benzene rings is 2. The number of hydrogen-bond acceptors (Lipinski definition) is 4. The number of carbonyl (C=O) groups excluding carboxylic acids is 2. The van der Waals surface area contributed by atoms with Crippen LogP contribution in [0.4, 0.5) is 36.4 Å². The lowest BCUT2D eigenvalue weighted by Gasteiger charge is -2.46. The second-order valence-corrected chi connectivity index (χ2v) is 8.90. The number of halogens is 7. The predicted octanol–water partition coefficient (Wildman–Crippen LogP) is 4.04. The highest BCUT2D eigenvalue weighted by atomic mass is 19.4. The first-order valence-corrected chi connectivity index (χ1v) is 11.1. The summed E-state index contributed by atoms with van der Waals surface area (Å²) in [6.07, 6.45) is -9.06. The van der Waals surface area contributed by atoms with Crippen molar-refractivity contribution in [3.05, 3.63) is 65.5 Å². The molecule has 0 saturated carbocycles. The van der Waals surface area contributed by atoms with Gasteiger partial charge in [-0.1, -0.05) is 12.1 Å². The number of rotatable bonds is 2. The highest BCUT2D eigenvalue weighted by Crippen LogP contribution is 2.35. The van der Waals surface area contributed by atoms with Gasteiger partial charge in [-0.3, -0.25) is 14.5 Å². The fraction of sp³-hybridized carbons (Fsp3) is 0.375. The molecule has 4 rings (SSSR count). The number of nitrogens with zero attached hydrogens (tertiary/aromatic N) is 3. The molecule has 0 aromatic heterocycles. The fourth-order valence-electron chi connectivity index (χ4n) is 4.32. The van der Waals surface area contributed by atoms with E-state index in [9.17, 15) is 40.3 Å². The van der Waals surface area contributed by atoms with Gasteiger partial charge in [0.15, 0.2) is 0 Å². The van der Waals surface area contributed by atoms with Gasteiger partial charge in [-0.2, -0.15) is 26.3 Å². The number of piperazine rings is 1. The van der Waals surface area contributed by atoms with Gasteiger partial charge in [0.1, 0.15) is 5.82 Å². The van der Waals surface area contributed by atoms with Gasteiger partial charge < -0.3 is 14.9 Å². The molecule has 2 heterocycles. The molecule has 2 aliphatic rings. The molecule has 38 heavy (non-hydrogen) atoms. The van der Waals surface area contributed by atoms with Crippen LogP contribution < -0.4 is 4.90 Å². The molecule has 14 heteroatoms. The number of alkyl halides is 6. The van der Waals surface area contributed by atoms with E-state index < -0.39 is 41.1 Å². The van der Waals surface area contributed by atoms with Crippen molar-refractivity contribution in [3.63, 3.8) is 0 Å². The molecule has 2 aliphatic heterocycles. The molecule has 0 bridgehead atoms. The Hall–Kier alpha value is -3.68. The Morgan fingerprint density at radius 2 is 1.61 bits per heavy atom. The first-order valence-electron chi connectivity index (χ1n) is 11.1. The van der Waals surface area contributed by atoms with Gasteiger partial charge in [0, 0.05) is 30.9 Å². The first-order chi connectivity index (χ1) is 17.5. The largest absolute Gasteiger partial charge is 0.490 e. The van der Waals surface area contributed by atoms with E-state index in [-0.39, 0.29) is 31.1 Å². The molecule has 0 radical (unpaired) electrons. The zero-order valence-electron chi connectivity index (χ0n) is 19.8. The summed E-state index contributed by atoms with van der Waals surface area (Å²) in [5.74, 6) is -3.87. The minimum Gasteiger partial charge on any atom is -0.475 e. The number of aliphatic carboxylic acids is 1. The minimum atomic E-state index is -5.08. The molecule has 2 fully saturated rings. The maximum Gasteiger partial charge on any atom is 0.490 e. The molecule has 0 aliphatic carbocycles. The van der Waals surface area contributed by atoms with Crippen molar-refractivity contribution >= 4 is 23.5 Å². The number of carboxylic acid groups (broad SMARTS) is 1. The summed E-state index contributed by atoms with van der Waals surface area (Å²) in [4.78, 5) is 39.3. The van der Waals surface area contributed by atoms with E-state index in [1.54, 1.807) is 13.1 Å². The normalized spacial score (nSPS) is 20.4. The summed E-state index contributed by atoms with van der Waals surface area (Å²) < 4.78 is 84.5. The first kappa shape index (κ1) is 28.9. The average molecular weight is 549 g/mol. The molecule has 1 N–H and O–H groups in total. The Balaban J connectivity index is 0.000000505. The summed E-state index contributed by atoms with van der Waals surface area (Å²) in [5, 5.41) is 7.12. The van der Waals surface area contributed by atoms with Gasteiger partial charge in [-0.05, 0) is 49.9 Å². The van der Waals surface area contributed by atoms with Crippen LogP contribution in [0.5, 0.6) is 0 Å². The molecule has 2 saturated heterocycles. The Morgan fingerprint density at radius 3 is 2.18 bits per heavy atom. The maximum atomic E-state index is 13.7. The molecular formula is C24H22F7N3O4. The molecule has 2 amide bonds. The third-order valence-electron chi connectivity index (χ3n) is 6.35. The number of amides is 2.